The van der Waals surface area contributed by atoms with Gasteiger partial charge < -0.3 is 24.8 Å². The summed E-state index contributed by atoms with van der Waals surface area (Å²) in [5.74, 6) is 0.960. The zero-order chi connectivity index (χ0) is 18.8. The lowest BCUT2D eigenvalue weighted by atomic mass is 9.97. The van der Waals surface area contributed by atoms with Gasteiger partial charge in [-0.25, -0.2) is 0 Å². The molecule has 0 saturated carbocycles. The van der Waals surface area contributed by atoms with Crippen LogP contribution in [0.4, 0.5) is 0 Å². The number of rotatable bonds is 6. The minimum absolute atomic E-state index is 0.0419. The molecule has 0 aliphatic carbocycles. The first-order valence-corrected chi connectivity index (χ1v) is 10.2. The van der Waals surface area contributed by atoms with Crippen LogP contribution < -0.4 is 5.32 Å². The van der Waals surface area contributed by atoms with Gasteiger partial charge in [0.2, 0.25) is 0 Å². The van der Waals surface area contributed by atoms with Gasteiger partial charge in [0.15, 0.2) is 5.96 Å². The van der Waals surface area contributed by atoms with Crippen molar-refractivity contribution in [3.8, 4) is 0 Å². The summed E-state index contributed by atoms with van der Waals surface area (Å²) in [6.45, 7) is 11.4. The highest BCUT2D eigenvalue weighted by molar-refractivity contribution is 5.80. The number of methoxy groups -OCH3 is 1. The number of carbonyl (C=O) groups excluding carboxylic acids is 1. The average Bonchev–Trinajstić information content (AvgIpc) is 2.88. The number of hydrogen-bond donors (Lipinski definition) is 1. The standard InChI is InChI=1S/C19H37N5O2/c1-4-20-19(24-13-7-17(8-14-24)18(25)26-3)21-9-5-11-23-12-6-10-22(2)15-16-23/h17H,4-16H2,1-3H3,(H,20,21). The fourth-order valence-electron chi connectivity index (χ4n) is 3.72. The number of aliphatic imine (C=N–C) groups is 1. The molecule has 2 aliphatic rings. The Balaban J connectivity index is 1.75. The number of ether oxygens (including phenoxy) is 1. The number of carbonyl (C=O) groups is 1. The van der Waals surface area contributed by atoms with Crippen LogP contribution in [-0.2, 0) is 9.53 Å². The molecule has 0 spiro atoms. The molecule has 1 N–H and O–H groups in total. The molecule has 0 aromatic carbocycles. The zero-order valence-electron chi connectivity index (χ0n) is 16.9. The van der Waals surface area contributed by atoms with Crippen molar-refractivity contribution in [2.75, 3.05) is 73.1 Å². The topological polar surface area (TPSA) is 60.4 Å². The number of nitrogens with zero attached hydrogens (tertiary/aromatic N) is 4. The number of esters is 1. The smallest absolute Gasteiger partial charge is 0.308 e. The Hall–Kier alpha value is -1.34. The van der Waals surface area contributed by atoms with Crippen LogP contribution in [0.25, 0.3) is 0 Å². The Bertz CT molecular complexity index is 449. The van der Waals surface area contributed by atoms with E-state index in [2.05, 4.69) is 34.0 Å². The van der Waals surface area contributed by atoms with Gasteiger partial charge >= 0.3 is 5.97 Å². The minimum atomic E-state index is -0.0744. The lowest BCUT2D eigenvalue weighted by molar-refractivity contribution is -0.146. The van der Waals surface area contributed by atoms with Crippen LogP contribution in [0.3, 0.4) is 0 Å². The van der Waals surface area contributed by atoms with E-state index in [0.29, 0.717) is 0 Å². The van der Waals surface area contributed by atoms with Gasteiger partial charge in [-0.2, -0.15) is 0 Å². The first-order chi connectivity index (χ1) is 12.6. The second-order valence-corrected chi connectivity index (χ2v) is 7.37. The maximum atomic E-state index is 11.7. The van der Waals surface area contributed by atoms with Crippen molar-refractivity contribution in [3.05, 3.63) is 0 Å². The van der Waals surface area contributed by atoms with Crippen LogP contribution >= 0.6 is 0 Å². The molecule has 0 atom stereocenters. The van der Waals surface area contributed by atoms with Gasteiger partial charge in [0, 0.05) is 39.3 Å². The second kappa shape index (κ2) is 11.4. The van der Waals surface area contributed by atoms with Crippen LogP contribution in [0, 0.1) is 5.92 Å². The third kappa shape index (κ3) is 6.76. The third-order valence-electron chi connectivity index (χ3n) is 5.37. The van der Waals surface area contributed by atoms with E-state index in [1.807, 2.05) is 0 Å². The van der Waals surface area contributed by atoms with Gasteiger partial charge in [0.05, 0.1) is 13.0 Å². The van der Waals surface area contributed by atoms with Crippen LogP contribution in [0.2, 0.25) is 0 Å². The van der Waals surface area contributed by atoms with Gasteiger partial charge in [0.25, 0.3) is 0 Å². The van der Waals surface area contributed by atoms with Crippen molar-refractivity contribution >= 4 is 11.9 Å². The largest absolute Gasteiger partial charge is 0.469 e. The highest BCUT2D eigenvalue weighted by Gasteiger charge is 2.26. The molecule has 2 saturated heterocycles. The van der Waals surface area contributed by atoms with Gasteiger partial charge in [0.1, 0.15) is 0 Å². The summed E-state index contributed by atoms with van der Waals surface area (Å²) in [5, 5.41) is 3.40. The predicted octanol–water partition coefficient (Wildman–Crippen LogP) is 0.865. The average molecular weight is 368 g/mol. The monoisotopic (exact) mass is 367 g/mol. The second-order valence-electron chi connectivity index (χ2n) is 7.37. The summed E-state index contributed by atoms with van der Waals surface area (Å²) < 4.78 is 4.87. The van der Waals surface area contributed by atoms with E-state index in [-0.39, 0.29) is 11.9 Å². The molecule has 0 aromatic rings. The normalized spacial score (nSPS) is 21.5. The van der Waals surface area contributed by atoms with E-state index in [1.54, 1.807) is 0 Å². The molecular formula is C19H37N5O2. The molecule has 7 nitrogen and oxygen atoms in total. The molecule has 0 bridgehead atoms. The number of likely N-dealkylation sites (N-methyl/N-ethyl adjacent to an activating group) is 1. The summed E-state index contributed by atoms with van der Waals surface area (Å²) in [5.41, 5.74) is 0. The lowest BCUT2D eigenvalue weighted by Gasteiger charge is -2.33. The number of nitrogens with one attached hydrogen (secondary N) is 1. The van der Waals surface area contributed by atoms with E-state index < -0.39 is 0 Å². The fourth-order valence-corrected chi connectivity index (χ4v) is 3.72. The van der Waals surface area contributed by atoms with E-state index in [1.165, 1.54) is 39.7 Å². The Morgan fingerprint density at radius 2 is 1.92 bits per heavy atom. The summed E-state index contributed by atoms with van der Waals surface area (Å²) in [6, 6.07) is 0. The van der Waals surface area contributed by atoms with E-state index >= 15 is 0 Å². The first-order valence-electron chi connectivity index (χ1n) is 10.2. The molecule has 0 aromatic heterocycles. The maximum Gasteiger partial charge on any atom is 0.308 e. The molecular weight excluding hydrogens is 330 g/mol. The first kappa shape index (κ1) is 21.0. The Morgan fingerprint density at radius 1 is 1.15 bits per heavy atom. The van der Waals surface area contributed by atoms with Gasteiger partial charge in [-0.3, -0.25) is 9.79 Å². The van der Waals surface area contributed by atoms with Crippen molar-refractivity contribution < 1.29 is 9.53 Å². The predicted molar refractivity (Wildman–Crippen MR) is 105 cm³/mol. The van der Waals surface area contributed by atoms with Gasteiger partial charge in [-0.05, 0) is 59.3 Å². The van der Waals surface area contributed by atoms with Crippen molar-refractivity contribution in [3.63, 3.8) is 0 Å². The summed E-state index contributed by atoms with van der Waals surface area (Å²) in [4.78, 5) is 23.8. The maximum absolute atomic E-state index is 11.7. The fraction of sp³-hybridized carbons (Fsp3) is 0.895. The van der Waals surface area contributed by atoms with Crippen LogP contribution in [0.1, 0.15) is 32.6 Å². The number of guanidine groups is 1. The van der Waals surface area contributed by atoms with Gasteiger partial charge in [-0.1, -0.05) is 0 Å². The number of piperidine rings is 1. The van der Waals surface area contributed by atoms with Crippen molar-refractivity contribution in [2.24, 2.45) is 10.9 Å². The Morgan fingerprint density at radius 3 is 2.62 bits per heavy atom. The molecule has 2 heterocycles. The SMILES string of the molecule is CCNC(=NCCCN1CCCN(C)CC1)N1CCC(C(=O)OC)CC1. The third-order valence-corrected chi connectivity index (χ3v) is 5.37. The minimum Gasteiger partial charge on any atom is -0.469 e. The van der Waals surface area contributed by atoms with Crippen molar-refractivity contribution in [1.82, 2.24) is 20.0 Å². The number of likely N-dealkylation sites (tertiary alicyclic amines) is 1. The van der Waals surface area contributed by atoms with Crippen molar-refractivity contribution in [2.45, 2.75) is 32.6 Å². The quantitative estimate of drug-likeness (QED) is 0.325. The highest BCUT2D eigenvalue weighted by atomic mass is 16.5. The summed E-state index contributed by atoms with van der Waals surface area (Å²) >= 11 is 0. The van der Waals surface area contributed by atoms with Crippen molar-refractivity contribution in [1.29, 1.82) is 0 Å². The lowest BCUT2D eigenvalue weighted by Crippen LogP contribution is -2.46. The Kier molecular flexibility index (Phi) is 9.18. The van der Waals surface area contributed by atoms with Gasteiger partial charge in [-0.15, -0.1) is 0 Å². The number of hydrogen-bond acceptors (Lipinski definition) is 5. The molecule has 7 heteroatoms. The molecule has 0 unspecified atom stereocenters. The van der Waals surface area contributed by atoms with E-state index in [9.17, 15) is 4.79 Å². The summed E-state index contributed by atoms with van der Waals surface area (Å²) in [6.07, 6.45) is 4.05. The molecule has 2 fully saturated rings. The molecule has 0 radical (unpaired) electrons. The highest BCUT2D eigenvalue weighted by Crippen LogP contribution is 2.18. The van der Waals surface area contributed by atoms with Crippen LogP contribution in [-0.4, -0.2) is 99.7 Å². The zero-order valence-corrected chi connectivity index (χ0v) is 16.9. The molecule has 2 rings (SSSR count). The van der Waals surface area contributed by atoms with E-state index in [0.717, 1.165) is 57.9 Å². The molecule has 150 valence electrons. The van der Waals surface area contributed by atoms with E-state index in [4.69, 9.17) is 9.73 Å². The molecule has 0 amide bonds. The van der Waals surface area contributed by atoms with Crippen LogP contribution in [0.5, 0.6) is 0 Å². The van der Waals surface area contributed by atoms with Crippen LogP contribution in [0.15, 0.2) is 4.99 Å². The Labute approximate surface area is 158 Å². The molecule has 26 heavy (non-hydrogen) atoms. The molecule has 2 aliphatic heterocycles. The summed E-state index contributed by atoms with van der Waals surface area (Å²) in [7, 11) is 3.68.